The Labute approximate surface area is 210 Å². The van der Waals surface area contributed by atoms with Crippen LogP contribution in [-0.2, 0) is 9.59 Å². The van der Waals surface area contributed by atoms with Gasteiger partial charge in [-0.15, -0.1) is 0 Å². The van der Waals surface area contributed by atoms with Crippen LogP contribution in [0.1, 0.15) is 23.0 Å². The number of furan rings is 1. The lowest BCUT2D eigenvalue weighted by Crippen LogP contribution is -2.36. The first-order chi connectivity index (χ1) is 17.4. The number of nitrogens with one attached hydrogen (secondary N) is 1. The van der Waals surface area contributed by atoms with Crippen LogP contribution in [0.5, 0.6) is 0 Å². The van der Waals surface area contributed by atoms with E-state index in [1.54, 1.807) is 42.5 Å². The van der Waals surface area contributed by atoms with Crippen molar-refractivity contribution >= 4 is 57.1 Å². The molecule has 4 aromatic rings. The highest BCUT2D eigenvalue weighted by Crippen LogP contribution is 2.33. The van der Waals surface area contributed by atoms with Crippen LogP contribution >= 0.6 is 11.8 Å². The maximum atomic E-state index is 12.9. The Balaban J connectivity index is 1.28. The summed E-state index contributed by atoms with van der Waals surface area (Å²) in [4.78, 5) is 50.6. The van der Waals surface area contributed by atoms with Crippen LogP contribution in [0.15, 0.2) is 88.2 Å². The molecule has 1 aliphatic rings. The summed E-state index contributed by atoms with van der Waals surface area (Å²) in [6.45, 7) is 1.11. The summed E-state index contributed by atoms with van der Waals surface area (Å²) in [7, 11) is 0. The number of hydrogen-bond acceptors (Lipinski definition) is 6. The largest absolute Gasteiger partial charge is 0.457 e. The Kier molecular flexibility index (Phi) is 6.26. The molecule has 0 atom stereocenters. The van der Waals surface area contributed by atoms with Crippen LogP contribution in [0.2, 0.25) is 0 Å². The van der Waals surface area contributed by atoms with Gasteiger partial charge in [0.25, 0.3) is 11.1 Å². The molecule has 7 nitrogen and oxygen atoms in total. The van der Waals surface area contributed by atoms with Gasteiger partial charge in [0, 0.05) is 28.3 Å². The van der Waals surface area contributed by atoms with Gasteiger partial charge >= 0.3 is 0 Å². The third-order valence-corrected chi connectivity index (χ3v) is 6.62. The molecule has 0 saturated carbocycles. The molecule has 1 aromatic heterocycles. The Bertz CT molecular complexity index is 1550. The van der Waals surface area contributed by atoms with Gasteiger partial charge in [-0.3, -0.25) is 24.1 Å². The summed E-state index contributed by atoms with van der Waals surface area (Å²) in [5.41, 5.74) is 1.99. The number of carbonyl (C=O) groups is 4. The van der Waals surface area contributed by atoms with Crippen molar-refractivity contribution in [2.24, 2.45) is 0 Å². The van der Waals surface area contributed by atoms with E-state index in [-0.39, 0.29) is 10.7 Å². The minimum absolute atomic E-state index is 0.0248. The smallest absolute Gasteiger partial charge is 0.294 e. The van der Waals surface area contributed by atoms with E-state index in [4.69, 9.17) is 4.42 Å². The molecule has 1 fully saturated rings. The van der Waals surface area contributed by atoms with Crippen LogP contribution in [0.4, 0.5) is 10.5 Å². The monoisotopic (exact) mass is 496 g/mol. The highest BCUT2D eigenvalue weighted by atomic mass is 32.2. The number of nitrogens with zero attached hydrogens (tertiary/aromatic N) is 1. The van der Waals surface area contributed by atoms with Gasteiger partial charge in [0.1, 0.15) is 18.1 Å². The van der Waals surface area contributed by atoms with Crippen molar-refractivity contribution in [3.8, 4) is 11.3 Å². The number of amides is 3. The van der Waals surface area contributed by atoms with Gasteiger partial charge in [-0.25, -0.2) is 0 Å². The van der Waals surface area contributed by atoms with Crippen molar-refractivity contribution in [3.63, 3.8) is 0 Å². The van der Waals surface area contributed by atoms with E-state index in [2.05, 4.69) is 5.32 Å². The molecule has 0 unspecified atom stereocenters. The van der Waals surface area contributed by atoms with Crippen LogP contribution in [0.3, 0.4) is 0 Å². The molecule has 36 heavy (non-hydrogen) atoms. The Morgan fingerprint density at radius 3 is 2.47 bits per heavy atom. The van der Waals surface area contributed by atoms with E-state index in [1.807, 2.05) is 36.4 Å². The molecule has 1 N–H and O–H groups in total. The number of thioether (sulfide) groups is 1. The summed E-state index contributed by atoms with van der Waals surface area (Å²) in [6, 6.07) is 23.6. The summed E-state index contributed by atoms with van der Waals surface area (Å²) >= 11 is 0.759. The molecular weight excluding hydrogens is 476 g/mol. The average Bonchev–Trinajstić information content (AvgIpc) is 3.44. The lowest BCUT2D eigenvalue weighted by Gasteiger charge is -2.13. The van der Waals surface area contributed by atoms with Gasteiger partial charge in [0.15, 0.2) is 5.78 Å². The van der Waals surface area contributed by atoms with Crippen molar-refractivity contribution in [1.29, 1.82) is 0 Å². The van der Waals surface area contributed by atoms with Crippen LogP contribution in [0, 0.1) is 0 Å². The van der Waals surface area contributed by atoms with Crippen molar-refractivity contribution in [3.05, 3.63) is 95.1 Å². The Morgan fingerprint density at radius 1 is 0.944 bits per heavy atom. The van der Waals surface area contributed by atoms with Gasteiger partial charge in [-0.05, 0) is 42.3 Å². The molecule has 3 aromatic carbocycles. The molecule has 0 bridgehead atoms. The van der Waals surface area contributed by atoms with Gasteiger partial charge < -0.3 is 9.73 Å². The molecular formula is C28H20N2O5S. The SMILES string of the molecule is CC(=O)c1ccc(-c2ccc(/C=C3/SC(=O)N(CC(=O)Nc4cccc5ccccc45)C3=O)o2)cc1. The fourth-order valence-corrected chi connectivity index (χ4v) is 4.71. The van der Waals surface area contributed by atoms with Crippen LogP contribution in [0.25, 0.3) is 28.2 Å². The Morgan fingerprint density at radius 2 is 1.69 bits per heavy atom. The third kappa shape index (κ3) is 4.71. The van der Waals surface area contributed by atoms with Crippen molar-refractivity contribution in [2.45, 2.75) is 6.92 Å². The first kappa shape index (κ1) is 23.3. The predicted molar refractivity (Wildman–Crippen MR) is 139 cm³/mol. The number of ketones is 1. The Hall–Kier alpha value is -4.43. The standard InChI is InChI=1S/C28H20N2O5S/c1-17(31)18-9-11-20(12-10-18)24-14-13-21(35-24)15-25-27(33)30(28(34)36-25)16-26(32)29-23-8-4-6-19-5-2-3-7-22(19)23/h2-15H,16H2,1H3,(H,29,32)/b25-15+. The number of rotatable bonds is 6. The van der Waals surface area contributed by atoms with Gasteiger partial charge in [0.05, 0.1) is 4.91 Å². The van der Waals surface area contributed by atoms with E-state index < -0.39 is 23.6 Å². The molecule has 5 rings (SSSR count). The molecule has 1 aliphatic heterocycles. The fourth-order valence-electron chi connectivity index (χ4n) is 3.89. The predicted octanol–water partition coefficient (Wildman–Crippen LogP) is 5.98. The number of fused-ring (bicyclic) bond motifs is 1. The molecule has 1 saturated heterocycles. The second-order valence-electron chi connectivity index (χ2n) is 8.18. The maximum Gasteiger partial charge on any atom is 0.294 e. The number of anilines is 1. The second-order valence-corrected chi connectivity index (χ2v) is 9.17. The molecule has 2 heterocycles. The highest BCUT2D eigenvalue weighted by Gasteiger charge is 2.36. The highest BCUT2D eigenvalue weighted by molar-refractivity contribution is 8.18. The third-order valence-electron chi connectivity index (χ3n) is 5.72. The number of carbonyl (C=O) groups excluding carboxylic acids is 4. The number of benzene rings is 3. The molecule has 8 heteroatoms. The zero-order chi connectivity index (χ0) is 25.2. The van der Waals surface area contributed by atoms with Gasteiger partial charge in [0.2, 0.25) is 5.91 Å². The lowest BCUT2D eigenvalue weighted by molar-refractivity contribution is -0.127. The summed E-state index contributed by atoms with van der Waals surface area (Å²) in [5.74, 6) is -0.0920. The summed E-state index contributed by atoms with van der Waals surface area (Å²) in [5, 5.41) is 4.11. The van der Waals surface area contributed by atoms with Gasteiger partial charge in [-0.1, -0.05) is 60.7 Å². The molecule has 0 radical (unpaired) electrons. The number of hydrogen-bond donors (Lipinski definition) is 1. The minimum Gasteiger partial charge on any atom is -0.457 e. The average molecular weight is 497 g/mol. The van der Waals surface area contributed by atoms with Gasteiger partial charge in [-0.2, -0.15) is 0 Å². The molecule has 3 amide bonds. The van der Waals surface area contributed by atoms with E-state index in [0.29, 0.717) is 22.8 Å². The van der Waals surface area contributed by atoms with E-state index in [0.717, 1.165) is 33.0 Å². The normalized spacial score (nSPS) is 14.6. The molecule has 178 valence electrons. The van der Waals surface area contributed by atoms with Crippen molar-refractivity contribution < 1.29 is 23.6 Å². The summed E-state index contributed by atoms with van der Waals surface area (Å²) in [6.07, 6.45) is 1.49. The van der Waals surface area contributed by atoms with E-state index in [1.165, 1.54) is 13.0 Å². The van der Waals surface area contributed by atoms with E-state index >= 15 is 0 Å². The first-order valence-electron chi connectivity index (χ1n) is 11.1. The molecule has 0 spiro atoms. The number of Topliss-reactive ketones (excluding diaryl/α,β-unsaturated/α-hetero) is 1. The van der Waals surface area contributed by atoms with Crippen LogP contribution in [-0.4, -0.2) is 34.3 Å². The van der Waals surface area contributed by atoms with Crippen molar-refractivity contribution in [2.75, 3.05) is 11.9 Å². The summed E-state index contributed by atoms with van der Waals surface area (Å²) < 4.78 is 5.82. The quantitative estimate of drug-likeness (QED) is 0.261. The lowest BCUT2D eigenvalue weighted by atomic mass is 10.1. The first-order valence-corrected chi connectivity index (χ1v) is 11.9. The fraction of sp³-hybridized carbons (Fsp3) is 0.0714. The molecule has 0 aliphatic carbocycles. The van der Waals surface area contributed by atoms with E-state index in [9.17, 15) is 19.2 Å². The van der Waals surface area contributed by atoms with Crippen molar-refractivity contribution in [1.82, 2.24) is 4.90 Å². The zero-order valence-electron chi connectivity index (χ0n) is 19.2. The van der Waals surface area contributed by atoms with Crippen LogP contribution < -0.4 is 5.32 Å². The zero-order valence-corrected chi connectivity index (χ0v) is 20.0. The maximum absolute atomic E-state index is 12.9. The topological polar surface area (TPSA) is 96.7 Å². The minimum atomic E-state index is -0.554. The number of imide groups is 1. The second kappa shape index (κ2) is 9.67.